The van der Waals surface area contributed by atoms with E-state index in [0.29, 0.717) is 5.89 Å². The summed E-state index contributed by atoms with van der Waals surface area (Å²) < 4.78 is 5.18. The number of carbonyl (C=O) groups is 1. The Bertz CT molecular complexity index is 441. The predicted octanol–water partition coefficient (Wildman–Crippen LogP) is 2.58. The van der Waals surface area contributed by atoms with Crippen molar-refractivity contribution in [3.05, 3.63) is 11.7 Å². The van der Waals surface area contributed by atoms with Gasteiger partial charge in [0, 0.05) is 6.04 Å². The minimum atomic E-state index is -0.244. The lowest BCUT2D eigenvalue weighted by atomic mass is 10.1. The number of unbranched alkanes of at least 4 members (excludes halogenated alkanes) is 3. The lowest BCUT2D eigenvalue weighted by molar-refractivity contribution is 0.0924. The molecule has 2 heterocycles. The first-order chi connectivity index (χ1) is 10.2. The van der Waals surface area contributed by atoms with Gasteiger partial charge >= 0.3 is 0 Å². The highest BCUT2D eigenvalue weighted by atomic mass is 16.5. The zero-order valence-corrected chi connectivity index (χ0v) is 13.0. The number of aromatic nitrogens is 2. The van der Waals surface area contributed by atoms with Crippen molar-refractivity contribution in [2.45, 2.75) is 70.9 Å². The third kappa shape index (κ3) is 4.81. The van der Waals surface area contributed by atoms with Gasteiger partial charge in [-0.1, -0.05) is 37.8 Å². The first-order valence-corrected chi connectivity index (χ1v) is 8.08. The van der Waals surface area contributed by atoms with E-state index in [0.717, 1.165) is 32.2 Å². The van der Waals surface area contributed by atoms with Crippen molar-refractivity contribution in [3.63, 3.8) is 0 Å². The fraction of sp³-hybridized carbons (Fsp3) is 0.800. The van der Waals surface area contributed by atoms with E-state index >= 15 is 0 Å². The molecule has 0 spiro atoms. The maximum Gasteiger partial charge on any atom is 0.292 e. The van der Waals surface area contributed by atoms with Gasteiger partial charge in [0.25, 0.3) is 11.7 Å². The summed E-state index contributed by atoms with van der Waals surface area (Å²) >= 11 is 0. The Kier molecular flexibility index (Phi) is 6.17. The van der Waals surface area contributed by atoms with Crippen LogP contribution in [-0.4, -0.2) is 28.6 Å². The van der Waals surface area contributed by atoms with Crippen LogP contribution in [0, 0.1) is 0 Å². The number of amides is 1. The van der Waals surface area contributed by atoms with Crippen LogP contribution in [0.4, 0.5) is 0 Å². The molecule has 2 rings (SSSR count). The number of carbonyl (C=O) groups excluding carboxylic acids is 1. The second-order valence-corrected chi connectivity index (χ2v) is 5.83. The Morgan fingerprint density at radius 3 is 3.05 bits per heavy atom. The highest BCUT2D eigenvalue weighted by molar-refractivity contribution is 5.90. The van der Waals surface area contributed by atoms with E-state index in [1.54, 1.807) is 0 Å². The van der Waals surface area contributed by atoms with E-state index in [9.17, 15) is 4.79 Å². The second-order valence-electron chi connectivity index (χ2n) is 5.83. The molecule has 1 amide bonds. The van der Waals surface area contributed by atoms with Gasteiger partial charge in [-0.05, 0) is 32.7 Å². The van der Waals surface area contributed by atoms with Crippen molar-refractivity contribution in [1.29, 1.82) is 0 Å². The Morgan fingerprint density at radius 2 is 2.33 bits per heavy atom. The minimum absolute atomic E-state index is 0.102. The Morgan fingerprint density at radius 1 is 1.48 bits per heavy atom. The van der Waals surface area contributed by atoms with Gasteiger partial charge in [-0.25, -0.2) is 0 Å². The average molecular weight is 294 g/mol. The molecule has 1 fully saturated rings. The summed E-state index contributed by atoms with van der Waals surface area (Å²) in [6.07, 6.45) is 7.90. The lowest BCUT2D eigenvalue weighted by Gasteiger charge is -2.11. The van der Waals surface area contributed by atoms with E-state index < -0.39 is 0 Å². The van der Waals surface area contributed by atoms with Crippen LogP contribution in [0.1, 0.15) is 81.3 Å². The van der Waals surface area contributed by atoms with E-state index in [-0.39, 0.29) is 23.8 Å². The molecule has 0 radical (unpaired) electrons. The molecule has 1 aromatic heterocycles. The van der Waals surface area contributed by atoms with Gasteiger partial charge in [0.1, 0.15) is 0 Å². The smallest absolute Gasteiger partial charge is 0.292 e. The maximum absolute atomic E-state index is 12.1. The number of rotatable bonds is 8. The molecule has 0 aliphatic carbocycles. The molecule has 118 valence electrons. The van der Waals surface area contributed by atoms with Crippen molar-refractivity contribution in [2.75, 3.05) is 6.54 Å². The molecule has 0 aromatic carbocycles. The fourth-order valence-electron chi connectivity index (χ4n) is 2.60. The molecule has 1 aliphatic heterocycles. The highest BCUT2D eigenvalue weighted by Crippen LogP contribution is 2.21. The van der Waals surface area contributed by atoms with Crippen LogP contribution >= 0.6 is 0 Å². The van der Waals surface area contributed by atoms with Crippen LogP contribution in [0.5, 0.6) is 0 Å². The monoisotopic (exact) mass is 294 g/mol. The summed E-state index contributed by atoms with van der Waals surface area (Å²) in [5, 5.41) is 10.00. The van der Waals surface area contributed by atoms with Crippen molar-refractivity contribution in [3.8, 4) is 0 Å². The molecule has 0 bridgehead atoms. The van der Waals surface area contributed by atoms with E-state index in [4.69, 9.17) is 4.52 Å². The van der Waals surface area contributed by atoms with Crippen LogP contribution in [0.25, 0.3) is 0 Å². The Hall–Kier alpha value is -1.43. The zero-order valence-electron chi connectivity index (χ0n) is 13.0. The third-order valence-electron chi connectivity index (χ3n) is 3.87. The molecule has 6 heteroatoms. The van der Waals surface area contributed by atoms with Crippen LogP contribution in [0.3, 0.4) is 0 Å². The van der Waals surface area contributed by atoms with Crippen molar-refractivity contribution in [2.24, 2.45) is 0 Å². The number of nitrogens with zero attached hydrogens (tertiary/aromatic N) is 2. The molecule has 1 aliphatic rings. The number of hydrogen-bond donors (Lipinski definition) is 2. The number of nitrogens with one attached hydrogen (secondary N) is 2. The SMILES string of the molecule is CCCCCCC(C)NC(=O)c1noc(C2CCCN2)n1. The first-order valence-electron chi connectivity index (χ1n) is 8.08. The highest BCUT2D eigenvalue weighted by Gasteiger charge is 2.24. The standard InChI is InChI=1S/C15H26N4O2/c1-3-4-5-6-8-11(2)17-14(20)13-18-15(21-19-13)12-9-7-10-16-12/h11-12,16H,3-10H2,1-2H3,(H,17,20). The summed E-state index contributed by atoms with van der Waals surface area (Å²) in [5.41, 5.74) is 0. The predicted molar refractivity (Wildman–Crippen MR) is 80.0 cm³/mol. The normalized spacial score (nSPS) is 19.6. The summed E-state index contributed by atoms with van der Waals surface area (Å²) in [6, 6.07) is 0.242. The van der Waals surface area contributed by atoms with Crippen molar-refractivity contribution in [1.82, 2.24) is 20.8 Å². The summed E-state index contributed by atoms with van der Waals surface area (Å²) in [6.45, 7) is 5.17. The molecular weight excluding hydrogens is 268 g/mol. The molecule has 1 saturated heterocycles. The topological polar surface area (TPSA) is 80.0 Å². The largest absolute Gasteiger partial charge is 0.347 e. The van der Waals surface area contributed by atoms with Crippen LogP contribution in [0.2, 0.25) is 0 Å². The minimum Gasteiger partial charge on any atom is -0.347 e. The third-order valence-corrected chi connectivity index (χ3v) is 3.87. The van der Waals surface area contributed by atoms with Crippen LogP contribution < -0.4 is 10.6 Å². The summed E-state index contributed by atoms with van der Waals surface area (Å²) in [4.78, 5) is 16.3. The average Bonchev–Trinajstić information content (AvgIpc) is 3.13. The van der Waals surface area contributed by atoms with Gasteiger partial charge in [-0.3, -0.25) is 4.79 Å². The van der Waals surface area contributed by atoms with Gasteiger partial charge in [0.15, 0.2) is 0 Å². The van der Waals surface area contributed by atoms with E-state index in [2.05, 4.69) is 27.7 Å². The van der Waals surface area contributed by atoms with Gasteiger partial charge in [0.05, 0.1) is 6.04 Å². The van der Waals surface area contributed by atoms with Gasteiger partial charge in [-0.15, -0.1) is 0 Å². The van der Waals surface area contributed by atoms with Crippen molar-refractivity contribution >= 4 is 5.91 Å². The molecule has 2 atom stereocenters. The molecule has 2 N–H and O–H groups in total. The molecular formula is C15H26N4O2. The second kappa shape index (κ2) is 8.12. The Balaban J connectivity index is 1.77. The van der Waals surface area contributed by atoms with Gasteiger partial charge < -0.3 is 15.2 Å². The zero-order chi connectivity index (χ0) is 15.1. The number of hydrogen-bond acceptors (Lipinski definition) is 5. The Labute approximate surface area is 126 Å². The molecule has 6 nitrogen and oxygen atoms in total. The first kappa shape index (κ1) is 15.9. The van der Waals surface area contributed by atoms with E-state index in [1.165, 1.54) is 19.3 Å². The molecule has 21 heavy (non-hydrogen) atoms. The van der Waals surface area contributed by atoms with Crippen molar-refractivity contribution < 1.29 is 9.32 Å². The molecule has 2 unspecified atom stereocenters. The van der Waals surface area contributed by atoms with Crippen LogP contribution in [-0.2, 0) is 0 Å². The molecule has 1 aromatic rings. The van der Waals surface area contributed by atoms with Gasteiger partial charge in [0.2, 0.25) is 5.89 Å². The quantitative estimate of drug-likeness (QED) is 0.720. The van der Waals surface area contributed by atoms with E-state index in [1.807, 2.05) is 6.92 Å². The van der Waals surface area contributed by atoms with Crippen LogP contribution in [0.15, 0.2) is 4.52 Å². The summed E-state index contributed by atoms with van der Waals surface area (Å²) in [7, 11) is 0. The summed E-state index contributed by atoms with van der Waals surface area (Å²) in [5.74, 6) is 0.415. The van der Waals surface area contributed by atoms with Gasteiger partial charge in [-0.2, -0.15) is 4.98 Å². The maximum atomic E-state index is 12.1. The fourth-order valence-corrected chi connectivity index (χ4v) is 2.60. The lowest BCUT2D eigenvalue weighted by Crippen LogP contribution is -2.33. The molecule has 0 saturated carbocycles.